The van der Waals surface area contributed by atoms with E-state index >= 15 is 0 Å². The fraction of sp³-hybridized carbons (Fsp3) is 0.182. The highest BCUT2D eigenvalue weighted by Gasteiger charge is 2.15. The van der Waals surface area contributed by atoms with Crippen molar-refractivity contribution in [2.45, 2.75) is 12.8 Å². The molecular weight excluding hydrogens is 350 g/mol. The second kappa shape index (κ2) is 8.43. The maximum Gasteiger partial charge on any atom is 0.338 e. The van der Waals surface area contributed by atoms with Gasteiger partial charge in [-0.1, -0.05) is 36.4 Å². The van der Waals surface area contributed by atoms with E-state index in [0.717, 1.165) is 30.3 Å². The molecular formula is C22H23N5O. The molecule has 0 bridgehead atoms. The van der Waals surface area contributed by atoms with Crippen molar-refractivity contribution in [3.8, 4) is 0 Å². The van der Waals surface area contributed by atoms with E-state index in [4.69, 9.17) is 0 Å². The van der Waals surface area contributed by atoms with Gasteiger partial charge in [-0.15, -0.1) is 0 Å². The summed E-state index contributed by atoms with van der Waals surface area (Å²) in [4.78, 5) is 19.3. The molecule has 0 spiro atoms. The van der Waals surface area contributed by atoms with Crippen molar-refractivity contribution in [1.82, 2.24) is 10.4 Å². The lowest BCUT2D eigenvalue weighted by Crippen LogP contribution is -2.41. The Morgan fingerprint density at radius 2 is 1.46 bits per heavy atom. The molecule has 2 heterocycles. The Kier molecular flexibility index (Phi) is 5.38. The lowest BCUT2D eigenvalue weighted by atomic mass is 10.2. The third-order valence-electron chi connectivity index (χ3n) is 4.68. The number of hydrazine groups is 1. The standard InChI is InChI=1S/C22H23N5O/c28-22(24-18-13-14-21(23-17-18)26-15-7-8-16-26)25-27(19-9-3-1-4-10-19)20-11-5-2-6-12-20/h1-6,9-14,17H,7-8,15-16H2,(H2,24,25,28). The zero-order valence-electron chi connectivity index (χ0n) is 15.6. The number of carbonyl (C=O) groups is 1. The van der Waals surface area contributed by atoms with Crippen LogP contribution in [0.1, 0.15) is 12.8 Å². The summed E-state index contributed by atoms with van der Waals surface area (Å²) in [5.74, 6) is 0.957. The molecule has 2 amide bonds. The predicted octanol–water partition coefficient (Wildman–Crippen LogP) is 4.56. The topological polar surface area (TPSA) is 60.5 Å². The summed E-state index contributed by atoms with van der Waals surface area (Å²) in [6, 6.07) is 22.9. The summed E-state index contributed by atoms with van der Waals surface area (Å²) in [6.45, 7) is 2.09. The van der Waals surface area contributed by atoms with E-state index < -0.39 is 0 Å². The van der Waals surface area contributed by atoms with Crippen molar-refractivity contribution >= 4 is 28.9 Å². The van der Waals surface area contributed by atoms with E-state index in [1.165, 1.54) is 12.8 Å². The van der Waals surface area contributed by atoms with Gasteiger partial charge in [-0.3, -0.25) is 5.01 Å². The van der Waals surface area contributed by atoms with Gasteiger partial charge in [0.05, 0.1) is 23.3 Å². The van der Waals surface area contributed by atoms with Crippen LogP contribution in [0.3, 0.4) is 0 Å². The van der Waals surface area contributed by atoms with Crippen molar-refractivity contribution in [3.63, 3.8) is 0 Å². The lowest BCUT2D eigenvalue weighted by molar-refractivity contribution is 0.252. The van der Waals surface area contributed by atoms with Crippen molar-refractivity contribution in [2.75, 3.05) is 28.3 Å². The van der Waals surface area contributed by atoms with E-state index in [2.05, 4.69) is 20.6 Å². The molecule has 2 aromatic carbocycles. The Labute approximate surface area is 164 Å². The molecule has 1 aromatic heterocycles. The van der Waals surface area contributed by atoms with Crippen LogP contribution in [-0.4, -0.2) is 24.1 Å². The third-order valence-corrected chi connectivity index (χ3v) is 4.68. The Morgan fingerprint density at radius 1 is 0.857 bits per heavy atom. The number of hydrogen-bond acceptors (Lipinski definition) is 4. The number of amides is 2. The van der Waals surface area contributed by atoms with Crippen LogP contribution < -0.4 is 20.7 Å². The fourth-order valence-electron chi connectivity index (χ4n) is 3.29. The Hall–Kier alpha value is -3.54. The minimum absolute atomic E-state index is 0.330. The van der Waals surface area contributed by atoms with Gasteiger partial charge < -0.3 is 10.2 Å². The Balaban J connectivity index is 1.46. The maximum absolute atomic E-state index is 12.6. The zero-order chi connectivity index (χ0) is 19.2. The second-order valence-electron chi connectivity index (χ2n) is 6.67. The number of pyridine rings is 1. The van der Waals surface area contributed by atoms with E-state index in [-0.39, 0.29) is 6.03 Å². The number of aromatic nitrogens is 1. The number of anilines is 4. The van der Waals surface area contributed by atoms with Crippen LogP contribution in [0, 0.1) is 0 Å². The Morgan fingerprint density at radius 3 is 2.00 bits per heavy atom. The maximum atomic E-state index is 12.6. The van der Waals surface area contributed by atoms with Crippen molar-refractivity contribution in [1.29, 1.82) is 0 Å². The van der Waals surface area contributed by atoms with Crippen molar-refractivity contribution in [3.05, 3.63) is 79.0 Å². The summed E-state index contributed by atoms with van der Waals surface area (Å²) < 4.78 is 0. The largest absolute Gasteiger partial charge is 0.357 e. The van der Waals surface area contributed by atoms with Crippen LogP contribution >= 0.6 is 0 Å². The molecule has 6 nitrogen and oxygen atoms in total. The summed E-state index contributed by atoms with van der Waals surface area (Å²) >= 11 is 0. The number of benzene rings is 2. The van der Waals surface area contributed by atoms with Gasteiger partial charge in [0.1, 0.15) is 5.82 Å². The number of urea groups is 1. The summed E-state index contributed by atoms with van der Waals surface area (Å²) in [6.07, 6.45) is 4.11. The van der Waals surface area contributed by atoms with Gasteiger partial charge in [0, 0.05) is 13.1 Å². The molecule has 2 N–H and O–H groups in total. The van der Waals surface area contributed by atoms with Crippen LogP contribution in [0.4, 0.5) is 27.7 Å². The average Bonchev–Trinajstić information content (AvgIpc) is 3.29. The van der Waals surface area contributed by atoms with E-state index in [0.29, 0.717) is 5.69 Å². The van der Waals surface area contributed by atoms with Crippen molar-refractivity contribution in [2.24, 2.45) is 0 Å². The molecule has 4 rings (SSSR count). The predicted molar refractivity (Wildman–Crippen MR) is 113 cm³/mol. The minimum atomic E-state index is -0.330. The first kappa shape index (κ1) is 17.9. The molecule has 1 saturated heterocycles. The van der Waals surface area contributed by atoms with Gasteiger partial charge in [-0.25, -0.2) is 15.2 Å². The highest BCUT2D eigenvalue weighted by atomic mass is 16.2. The summed E-state index contributed by atoms with van der Waals surface area (Å²) in [7, 11) is 0. The third kappa shape index (κ3) is 4.23. The van der Waals surface area contributed by atoms with Crippen LogP contribution in [-0.2, 0) is 0 Å². The lowest BCUT2D eigenvalue weighted by Gasteiger charge is -2.25. The second-order valence-corrected chi connectivity index (χ2v) is 6.67. The number of carbonyl (C=O) groups excluding carboxylic acids is 1. The molecule has 0 radical (unpaired) electrons. The summed E-state index contributed by atoms with van der Waals surface area (Å²) in [5, 5.41) is 4.61. The van der Waals surface area contributed by atoms with Crippen LogP contribution in [0.2, 0.25) is 0 Å². The molecule has 1 aliphatic rings. The smallest absolute Gasteiger partial charge is 0.338 e. The van der Waals surface area contributed by atoms with Crippen LogP contribution in [0.5, 0.6) is 0 Å². The minimum Gasteiger partial charge on any atom is -0.357 e. The molecule has 0 saturated carbocycles. The molecule has 28 heavy (non-hydrogen) atoms. The molecule has 0 unspecified atom stereocenters. The monoisotopic (exact) mass is 373 g/mol. The van der Waals surface area contributed by atoms with Crippen LogP contribution in [0.25, 0.3) is 0 Å². The molecule has 1 aliphatic heterocycles. The highest BCUT2D eigenvalue weighted by molar-refractivity contribution is 5.91. The molecule has 142 valence electrons. The Bertz CT molecular complexity index is 854. The van der Waals surface area contributed by atoms with Gasteiger partial charge >= 0.3 is 6.03 Å². The van der Waals surface area contributed by atoms with Gasteiger partial charge in [0.25, 0.3) is 0 Å². The molecule has 6 heteroatoms. The molecule has 3 aromatic rings. The normalized spacial score (nSPS) is 13.2. The SMILES string of the molecule is O=C(Nc1ccc(N2CCCC2)nc1)NN(c1ccccc1)c1ccccc1. The molecule has 1 fully saturated rings. The van der Waals surface area contributed by atoms with E-state index in [9.17, 15) is 4.79 Å². The van der Waals surface area contributed by atoms with E-state index in [1.807, 2.05) is 72.8 Å². The van der Waals surface area contributed by atoms with Gasteiger partial charge in [0.2, 0.25) is 0 Å². The summed E-state index contributed by atoms with van der Waals surface area (Å²) in [5.41, 5.74) is 5.30. The number of nitrogens with one attached hydrogen (secondary N) is 2. The first-order chi connectivity index (χ1) is 13.8. The van der Waals surface area contributed by atoms with Gasteiger partial charge in [-0.05, 0) is 49.2 Å². The van der Waals surface area contributed by atoms with Gasteiger partial charge in [-0.2, -0.15) is 0 Å². The number of nitrogens with zero attached hydrogens (tertiary/aromatic N) is 3. The fourth-order valence-corrected chi connectivity index (χ4v) is 3.29. The quantitative estimate of drug-likeness (QED) is 0.644. The zero-order valence-corrected chi connectivity index (χ0v) is 15.6. The number of para-hydroxylation sites is 2. The number of rotatable bonds is 5. The first-order valence-electron chi connectivity index (χ1n) is 9.48. The number of hydrogen-bond donors (Lipinski definition) is 2. The molecule has 0 atom stereocenters. The van der Waals surface area contributed by atoms with Crippen LogP contribution in [0.15, 0.2) is 79.0 Å². The highest BCUT2D eigenvalue weighted by Crippen LogP contribution is 2.23. The van der Waals surface area contributed by atoms with Gasteiger partial charge in [0.15, 0.2) is 0 Å². The van der Waals surface area contributed by atoms with Crippen molar-refractivity contribution < 1.29 is 4.79 Å². The van der Waals surface area contributed by atoms with E-state index in [1.54, 1.807) is 11.2 Å². The first-order valence-corrected chi connectivity index (χ1v) is 9.48. The molecule has 0 aliphatic carbocycles. The average molecular weight is 373 g/mol.